The molecule has 1 aromatic rings. The van der Waals surface area contributed by atoms with Crippen molar-refractivity contribution >= 4 is 0 Å². The van der Waals surface area contributed by atoms with Gasteiger partial charge in [0.15, 0.2) is 0 Å². The summed E-state index contributed by atoms with van der Waals surface area (Å²) < 4.78 is 5.27. The summed E-state index contributed by atoms with van der Waals surface area (Å²) in [4.78, 5) is 0. The first kappa shape index (κ1) is 9.23. The molecule has 0 fully saturated rings. The van der Waals surface area contributed by atoms with Crippen LogP contribution in [0.3, 0.4) is 0 Å². The van der Waals surface area contributed by atoms with Crippen LogP contribution < -0.4 is 5.73 Å². The van der Waals surface area contributed by atoms with E-state index < -0.39 is 0 Å². The van der Waals surface area contributed by atoms with Gasteiger partial charge in [-0.05, 0) is 12.5 Å². The zero-order valence-corrected chi connectivity index (χ0v) is 7.53. The van der Waals surface area contributed by atoms with Gasteiger partial charge >= 0.3 is 0 Å². The van der Waals surface area contributed by atoms with Crippen LogP contribution in [0.25, 0.3) is 0 Å². The van der Waals surface area contributed by atoms with Crippen LogP contribution in [0.5, 0.6) is 0 Å². The Labute approximate surface area is 73.3 Å². The highest BCUT2D eigenvalue weighted by molar-refractivity contribution is 5.18. The number of ether oxygens (including phenoxy) is 1. The molecule has 0 spiro atoms. The normalized spacial score (nSPS) is 15.6. The summed E-state index contributed by atoms with van der Waals surface area (Å²) in [5.74, 6) is 0. The van der Waals surface area contributed by atoms with Crippen molar-refractivity contribution in [3.05, 3.63) is 35.9 Å². The van der Waals surface area contributed by atoms with Crippen molar-refractivity contribution in [3.63, 3.8) is 0 Å². The van der Waals surface area contributed by atoms with E-state index in [2.05, 4.69) is 0 Å². The van der Waals surface area contributed by atoms with Crippen molar-refractivity contribution in [2.45, 2.75) is 19.1 Å². The zero-order chi connectivity index (χ0) is 8.97. The number of benzene rings is 1. The summed E-state index contributed by atoms with van der Waals surface area (Å²) >= 11 is 0. The molecule has 0 bridgehead atoms. The Morgan fingerprint density at radius 2 is 1.83 bits per heavy atom. The summed E-state index contributed by atoms with van der Waals surface area (Å²) in [6.07, 6.45) is 0.00574. The van der Waals surface area contributed by atoms with Crippen LogP contribution in [0.2, 0.25) is 0 Å². The van der Waals surface area contributed by atoms with E-state index in [0.717, 1.165) is 5.56 Å². The standard InChI is InChI=1S/C10H15NO/c1-8(11)10(12-2)9-6-4-3-5-7-9/h3-8,10H,11H2,1-2H3. The van der Waals surface area contributed by atoms with Crippen LogP contribution in [0.1, 0.15) is 18.6 Å². The molecule has 0 aliphatic rings. The van der Waals surface area contributed by atoms with Gasteiger partial charge in [-0.15, -0.1) is 0 Å². The number of rotatable bonds is 3. The minimum absolute atomic E-state index is 0.00574. The van der Waals surface area contributed by atoms with Crippen molar-refractivity contribution in [2.24, 2.45) is 5.73 Å². The van der Waals surface area contributed by atoms with Crippen molar-refractivity contribution < 1.29 is 4.74 Å². The van der Waals surface area contributed by atoms with Crippen molar-refractivity contribution in [2.75, 3.05) is 7.11 Å². The minimum atomic E-state index is 0.00574. The predicted molar refractivity (Wildman–Crippen MR) is 49.8 cm³/mol. The first-order chi connectivity index (χ1) is 5.75. The van der Waals surface area contributed by atoms with Crippen LogP contribution >= 0.6 is 0 Å². The molecule has 2 heteroatoms. The molecule has 0 saturated heterocycles. The van der Waals surface area contributed by atoms with Crippen LogP contribution in [-0.4, -0.2) is 13.2 Å². The van der Waals surface area contributed by atoms with E-state index in [1.807, 2.05) is 37.3 Å². The summed E-state index contributed by atoms with van der Waals surface area (Å²) in [5, 5.41) is 0. The molecule has 0 radical (unpaired) electrons. The highest BCUT2D eigenvalue weighted by atomic mass is 16.5. The fourth-order valence-corrected chi connectivity index (χ4v) is 1.30. The van der Waals surface area contributed by atoms with Crippen LogP contribution in [-0.2, 0) is 4.74 Å². The summed E-state index contributed by atoms with van der Waals surface area (Å²) in [6, 6.07) is 10.0. The maximum absolute atomic E-state index is 5.75. The molecule has 66 valence electrons. The molecule has 0 aromatic heterocycles. The average Bonchev–Trinajstić information content (AvgIpc) is 2.07. The van der Waals surface area contributed by atoms with Gasteiger partial charge in [-0.2, -0.15) is 0 Å². The lowest BCUT2D eigenvalue weighted by atomic mass is 10.0. The second kappa shape index (κ2) is 4.24. The summed E-state index contributed by atoms with van der Waals surface area (Å²) in [5.41, 5.74) is 6.89. The second-order valence-electron chi connectivity index (χ2n) is 2.93. The zero-order valence-electron chi connectivity index (χ0n) is 7.53. The Morgan fingerprint density at radius 3 is 2.25 bits per heavy atom. The number of methoxy groups -OCH3 is 1. The number of hydrogen-bond donors (Lipinski definition) is 1. The summed E-state index contributed by atoms with van der Waals surface area (Å²) in [6.45, 7) is 1.95. The lowest BCUT2D eigenvalue weighted by molar-refractivity contribution is 0.0854. The molecule has 2 unspecified atom stereocenters. The van der Waals surface area contributed by atoms with E-state index in [-0.39, 0.29) is 12.1 Å². The van der Waals surface area contributed by atoms with Gasteiger partial charge in [0.1, 0.15) is 0 Å². The van der Waals surface area contributed by atoms with E-state index in [4.69, 9.17) is 10.5 Å². The fraction of sp³-hybridized carbons (Fsp3) is 0.400. The van der Waals surface area contributed by atoms with E-state index in [1.165, 1.54) is 0 Å². The quantitative estimate of drug-likeness (QED) is 0.740. The molecule has 0 aliphatic carbocycles. The Morgan fingerprint density at radius 1 is 1.25 bits per heavy atom. The number of nitrogens with two attached hydrogens (primary N) is 1. The van der Waals surface area contributed by atoms with Gasteiger partial charge in [0, 0.05) is 13.2 Å². The molecule has 1 aromatic carbocycles. The third kappa shape index (κ3) is 2.06. The SMILES string of the molecule is COC(c1ccccc1)C(C)N. The third-order valence-electron chi connectivity index (χ3n) is 1.86. The van der Waals surface area contributed by atoms with E-state index in [9.17, 15) is 0 Å². The van der Waals surface area contributed by atoms with Crippen LogP contribution in [0, 0.1) is 0 Å². The molecule has 1 rings (SSSR count). The third-order valence-corrected chi connectivity index (χ3v) is 1.86. The topological polar surface area (TPSA) is 35.2 Å². The van der Waals surface area contributed by atoms with E-state index in [0.29, 0.717) is 0 Å². The minimum Gasteiger partial charge on any atom is -0.375 e. The molecule has 12 heavy (non-hydrogen) atoms. The largest absolute Gasteiger partial charge is 0.375 e. The predicted octanol–water partition coefficient (Wildman–Crippen LogP) is 1.72. The molecule has 2 atom stereocenters. The molecule has 0 saturated carbocycles. The first-order valence-electron chi connectivity index (χ1n) is 4.09. The molecule has 0 heterocycles. The Kier molecular flexibility index (Phi) is 3.26. The van der Waals surface area contributed by atoms with E-state index in [1.54, 1.807) is 7.11 Å². The molecule has 2 nitrogen and oxygen atoms in total. The first-order valence-corrected chi connectivity index (χ1v) is 4.09. The second-order valence-corrected chi connectivity index (χ2v) is 2.93. The maximum Gasteiger partial charge on any atom is 0.0969 e. The maximum atomic E-state index is 5.75. The van der Waals surface area contributed by atoms with Crippen molar-refractivity contribution in [1.29, 1.82) is 0 Å². The Hall–Kier alpha value is -0.860. The van der Waals surface area contributed by atoms with Gasteiger partial charge in [-0.1, -0.05) is 30.3 Å². The molecule has 0 aliphatic heterocycles. The summed E-state index contributed by atoms with van der Waals surface area (Å²) in [7, 11) is 1.68. The highest BCUT2D eigenvalue weighted by Gasteiger charge is 2.13. The van der Waals surface area contributed by atoms with Crippen LogP contribution in [0.4, 0.5) is 0 Å². The van der Waals surface area contributed by atoms with Crippen molar-refractivity contribution in [3.8, 4) is 0 Å². The lowest BCUT2D eigenvalue weighted by Gasteiger charge is -2.19. The molecule has 2 N–H and O–H groups in total. The number of hydrogen-bond acceptors (Lipinski definition) is 2. The van der Waals surface area contributed by atoms with E-state index >= 15 is 0 Å². The highest BCUT2D eigenvalue weighted by Crippen LogP contribution is 2.18. The molecular formula is C10H15NO. The van der Waals surface area contributed by atoms with Crippen LogP contribution in [0.15, 0.2) is 30.3 Å². The van der Waals surface area contributed by atoms with Crippen molar-refractivity contribution in [1.82, 2.24) is 0 Å². The van der Waals surface area contributed by atoms with Gasteiger partial charge in [0.05, 0.1) is 6.10 Å². The fourth-order valence-electron chi connectivity index (χ4n) is 1.30. The van der Waals surface area contributed by atoms with Gasteiger partial charge in [-0.3, -0.25) is 0 Å². The molecular weight excluding hydrogens is 150 g/mol. The van der Waals surface area contributed by atoms with Gasteiger partial charge in [-0.25, -0.2) is 0 Å². The smallest absolute Gasteiger partial charge is 0.0969 e. The average molecular weight is 165 g/mol. The van der Waals surface area contributed by atoms with Gasteiger partial charge in [0.25, 0.3) is 0 Å². The lowest BCUT2D eigenvalue weighted by Crippen LogP contribution is -2.25. The van der Waals surface area contributed by atoms with Gasteiger partial charge in [0.2, 0.25) is 0 Å². The van der Waals surface area contributed by atoms with Gasteiger partial charge < -0.3 is 10.5 Å². The Bertz CT molecular complexity index is 221. The molecule has 0 amide bonds. The monoisotopic (exact) mass is 165 g/mol. The Balaban J connectivity index is 2.80.